The van der Waals surface area contributed by atoms with Crippen LogP contribution in [0, 0.1) is 5.92 Å². The van der Waals surface area contributed by atoms with Gasteiger partial charge in [-0.3, -0.25) is 4.79 Å². The number of carbonyl (C=O) groups excluding carboxylic acids is 1. The largest absolute Gasteiger partial charge is 0.476 e. The van der Waals surface area contributed by atoms with Crippen LogP contribution in [0.15, 0.2) is 36.5 Å². The lowest BCUT2D eigenvalue weighted by Crippen LogP contribution is -2.16. The molecule has 0 bridgehead atoms. The van der Waals surface area contributed by atoms with E-state index in [4.69, 9.17) is 5.11 Å². The van der Waals surface area contributed by atoms with Gasteiger partial charge in [-0.05, 0) is 24.1 Å². The zero-order valence-electron chi connectivity index (χ0n) is 13.3. The quantitative estimate of drug-likeness (QED) is 0.820. The molecule has 1 aromatic carbocycles. The Morgan fingerprint density at radius 2 is 2.04 bits per heavy atom. The molecule has 1 heterocycles. The SMILES string of the molecule is CCCC(C)CC(=O)Nc1ccccc1-n1ccc(C(=O)O)n1. The summed E-state index contributed by atoms with van der Waals surface area (Å²) < 4.78 is 1.45. The van der Waals surface area contributed by atoms with Crippen molar-refractivity contribution < 1.29 is 14.7 Å². The van der Waals surface area contributed by atoms with E-state index < -0.39 is 5.97 Å². The lowest BCUT2D eigenvalue weighted by molar-refractivity contribution is -0.117. The van der Waals surface area contributed by atoms with Crippen molar-refractivity contribution in [1.29, 1.82) is 0 Å². The second kappa shape index (κ2) is 7.58. The van der Waals surface area contributed by atoms with Gasteiger partial charge >= 0.3 is 5.97 Å². The van der Waals surface area contributed by atoms with E-state index in [0.717, 1.165) is 12.8 Å². The van der Waals surface area contributed by atoms with Crippen LogP contribution < -0.4 is 5.32 Å². The van der Waals surface area contributed by atoms with Crippen LogP contribution in [-0.2, 0) is 4.79 Å². The fourth-order valence-electron chi connectivity index (χ4n) is 2.46. The van der Waals surface area contributed by atoms with E-state index >= 15 is 0 Å². The number of aromatic carboxylic acids is 1. The predicted octanol–water partition coefficient (Wildman–Crippen LogP) is 3.34. The molecule has 0 spiro atoms. The normalized spacial score (nSPS) is 11.9. The maximum Gasteiger partial charge on any atom is 0.356 e. The average molecular weight is 315 g/mol. The molecule has 0 aliphatic carbocycles. The second-order valence-electron chi connectivity index (χ2n) is 5.61. The molecule has 23 heavy (non-hydrogen) atoms. The van der Waals surface area contributed by atoms with Crippen LogP contribution in [0.2, 0.25) is 0 Å². The first kappa shape index (κ1) is 16.7. The summed E-state index contributed by atoms with van der Waals surface area (Å²) in [5, 5.41) is 15.9. The maximum atomic E-state index is 12.2. The van der Waals surface area contributed by atoms with Crippen molar-refractivity contribution in [1.82, 2.24) is 9.78 Å². The molecule has 1 unspecified atom stereocenters. The van der Waals surface area contributed by atoms with Crippen LogP contribution >= 0.6 is 0 Å². The van der Waals surface area contributed by atoms with E-state index in [1.54, 1.807) is 18.3 Å². The first-order valence-electron chi connectivity index (χ1n) is 7.69. The second-order valence-corrected chi connectivity index (χ2v) is 5.61. The number of carbonyl (C=O) groups is 2. The molecule has 2 N–H and O–H groups in total. The van der Waals surface area contributed by atoms with Crippen molar-refractivity contribution in [2.45, 2.75) is 33.1 Å². The van der Waals surface area contributed by atoms with Gasteiger partial charge in [0.1, 0.15) is 0 Å². The molecule has 2 rings (SSSR count). The minimum atomic E-state index is -1.08. The monoisotopic (exact) mass is 315 g/mol. The number of anilines is 1. The summed E-state index contributed by atoms with van der Waals surface area (Å²) in [5.74, 6) is -0.807. The number of carboxylic acid groups (broad SMARTS) is 1. The van der Waals surface area contributed by atoms with Gasteiger partial charge in [-0.15, -0.1) is 0 Å². The first-order chi connectivity index (χ1) is 11.0. The number of nitrogens with one attached hydrogen (secondary N) is 1. The summed E-state index contributed by atoms with van der Waals surface area (Å²) in [6.45, 7) is 4.16. The van der Waals surface area contributed by atoms with Crippen LogP contribution in [0.1, 0.15) is 43.6 Å². The molecule has 6 nitrogen and oxygen atoms in total. The Balaban J connectivity index is 2.17. The molecular formula is C17H21N3O3. The van der Waals surface area contributed by atoms with Crippen molar-refractivity contribution in [2.24, 2.45) is 5.92 Å². The van der Waals surface area contributed by atoms with Gasteiger partial charge in [0.2, 0.25) is 5.91 Å². The topological polar surface area (TPSA) is 84.2 Å². The highest BCUT2D eigenvalue weighted by atomic mass is 16.4. The van der Waals surface area contributed by atoms with Crippen molar-refractivity contribution >= 4 is 17.6 Å². The maximum absolute atomic E-state index is 12.2. The van der Waals surface area contributed by atoms with Crippen LogP contribution in [0.5, 0.6) is 0 Å². The Morgan fingerprint density at radius 3 is 2.70 bits per heavy atom. The third-order valence-electron chi connectivity index (χ3n) is 3.55. The summed E-state index contributed by atoms with van der Waals surface area (Å²) in [7, 11) is 0. The van der Waals surface area contributed by atoms with Gasteiger partial charge in [0.25, 0.3) is 0 Å². The standard InChI is InChI=1S/C17H21N3O3/c1-3-6-12(2)11-16(21)18-13-7-4-5-8-15(13)20-10-9-14(19-20)17(22)23/h4-5,7-10,12H,3,6,11H2,1-2H3,(H,18,21)(H,22,23). The van der Waals surface area contributed by atoms with Crippen molar-refractivity contribution in [3.05, 3.63) is 42.2 Å². The summed E-state index contributed by atoms with van der Waals surface area (Å²) in [5.41, 5.74) is 1.21. The van der Waals surface area contributed by atoms with Crippen molar-refractivity contribution in [3.8, 4) is 5.69 Å². The summed E-state index contributed by atoms with van der Waals surface area (Å²) >= 11 is 0. The Hall–Kier alpha value is -2.63. The minimum Gasteiger partial charge on any atom is -0.476 e. The van der Waals surface area contributed by atoms with E-state index in [-0.39, 0.29) is 11.6 Å². The van der Waals surface area contributed by atoms with Crippen LogP contribution in [0.3, 0.4) is 0 Å². The van der Waals surface area contributed by atoms with Crippen molar-refractivity contribution in [3.63, 3.8) is 0 Å². The molecule has 6 heteroatoms. The van der Waals surface area contributed by atoms with Gasteiger partial charge in [-0.2, -0.15) is 5.10 Å². The first-order valence-corrected chi connectivity index (χ1v) is 7.69. The van der Waals surface area contributed by atoms with Crippen LogP contribution in [0.4, 0.5) is 5.69 Å². The summed E-state index contributed by atoms with van der Waals surface area (Å²) in [4.78, 5) is 23.1. The number of amides is 1. The number of rotatable bonds is 7. The fourth-order valence-corrected chi connectivity index (χ4v) is 2.46. The molecule has 0 saturated carbocycles. The van der Waals surface area contributed by atoms with Gasteiger partial charge in [-0.1, -0.05) is 38.8 Å². The Labute approximate surface area is 135 Å². The highest BCUT2D eigenvalue weighted by Gasteiger charge is 2.13. The third kappa shape index (κ3) is 4.42. The number of hydrogen-bond acceptors (Lipinski definition) is 3. The lowest BCUT2D eigenvalue weighted by Gasteiger charge is -2.13. The smallest absolute Gasteiger partial charge is 0.356 e. The summed E-state index contributed by atoms with van der Waals surface area (Å²) in [6.07, 6.45) is 4.09. The minimum absolute atomic E-state index is 0.0392. The highest BCUT2D eigenvalue weighted by molar-refractivity contribution is 5.93. The van der Waals surface area contributed by atoms with E-state index in [1.165, 1.54) is 10.7 Å². The Bertz CT molecular complexity index is 694. The molecule has 2 aromatic rings. The van der Waals surface area contributed by atoms with Gasteiger partial charge in [0.05, 0.1) is 11.4 Å². The van der Waals surface area contributed by atoms with Crippen molar-refractivity contribution in [2.75, 3.05) is 5.32 Å². The van der Waals surface area contributed by atoms with Gasteiger partial charge in [0, 0.05) is 12.6 Å². The third-order valence-corrected chi connectivity index (χ3v) is 3.55. The predicted molar refractivity (Wildman–Crippen MR) is 87.8 cm³/mol. The zero-order valence-corrected chi connectivity index (χ0v) is 13.3. The molecule has 122 valence electrons. The molecule has 1 atom stereocenters. The molecule has 0 saturated heterocycles. The number of nitrogens with zero attached hydrogens (tertiary/aromatic N) is 2. The molecule has 0 fully saturated rings. The van der Waals surface area contributed by atoms with E-state index in [9.17, 15) is 9.59 Å². The average Bonchev–Trinajstić information content (AvgIpc) is 2.97. The van der Waals surface area contributed by atoms with E-state index in [1.807, 2.05) is 12.1 Å². The van der Waals surface area contributed by atoms with E-state index in [2.05, 4.69) is 24.3 Å². The number of para-hydroxylation sites is 2. The zero-order chi connectivity index (χ0) is 16.8. The Morgan fingerprint density at radius 1 is 1.30 bits per heavy atom. The number of hydrogen-bond donors (Lipinski definition) is 2. The molecule has 1 aromatic heterocycles. The number of aromatic nitrogens is 2. The summed E-state index contributed by atoms with van der Waals surface area (Å²) in [6, 6.07) is 8.61. The van der Waals surface area contributed by atoms with Gasteiger partial charge < -0.3 is 10.4 Å². The van der Waals surface area contributed by atoms with Crippen LogP contribution in [0.25, 0.3) is 5.69 Å². The molecule has 0 radical (unpaired) electrons. The highest BCUT2D eigenvalue weighted by Crippen LogP contribution is 2.21. The van der Waals surface area contributed by atoms with Crippen LogP contribution in [-0.4, -0.2) is 26.8 Å². The molecule has 0 aliphatic heterocycles. The van der Waals surface area contributed by atoms with Gasteiger partial charge in [-0.25, -0.2) is 9.48 Å². The molecule has 1 amide bonds. The molecule has 0 aliphatic rings. The Kier molecular flexibility index (Phi) is 5.51. The fraction of sp³-hybridized carbons (Fsp3) is 0.353. The number of carboxylic acids is 1. The lowest BCUT2D eigenvalue weighted by atomic mass is 10.0. The number of benzene rings is 1. The van der Waals surface area contributed by atoms with Gasteiger partial charge in [0.15, 0.2) is 5.69 Å². The molecular weight excluding hydrogens is 294 g/mol. The van der Waals surface area contributed by atoms with E-state index in [0.29, 0.717) is 23.7 Å².